The van der Waals surface area contributed by atoms with Crippen LogP contribution in [0.1, 0.15) is 34.7 Å². The van der Waals surface area contributed by atoms with Crippen LogP contribution in [0.15, 0.2) is 52.9 Å². The molecule has 0 aliphatic heterocycles. The van der Waals surface area contributed by atoms with Gasteiger partial charge in [0.1, 0.15) is 11.3 Å². The zero-order valence-electron chi connectivity index (χ0n) is 14.4. The maximum atomic E-state index is 12.4. The van der Waals surface area contributed by atoms with Crippen molar-refractivity contribution in [1.29, 1.82) is 0 Å². The summed E-state index contributed by atoms with van der Waals surface area (Å²) in [6.07, 6.45) is -0.832. The van der Waals surface area contributed by atoms with Gasteiger partial charge in [0.2, 0.25) is 0 Å². The Hall–Kier alpha value is -2.79. The number of hydrogen-bond donors (Lipinski definition) is 2. The van der Waals surface area contributed by atoms with Crippen molar-refractivity contribution in [3.63, 3.8) is 0 Å². The van der Waals surface area contributed by atoms with Gasteiger partial charge in [-0.2, -0.15) is 0 Å². The summed E-state index contributed by atoms with van der Waals surface area (Å²) in [7, 11) is 1.59. The Morgan fingerprint density at radius 1 is 1.16 bits per heavy atom. The standard InChI is InChI=1S/C20H21NO4/c1-12-4-9-17-15(10-12)11-18(25-17)20(23)21-13(2)19(22)14-5-7-16(24-3)8-6-14/h4-11,13,19,22H,1-3H3,(H,21,23). The fourth-order valence-corrected chi connectivity index (χ4v) is 2.72. The molecular weight excluding hydrogens is 318 g/mol. The second-order valence-corrected chi connectivity index (χ2v) is 6.13. The topological polar surface area (TPSA) is 71.7 Å². The highest BCUT2D eigenvalue weighted by atomic mass is 16.5. The zero-order chi connectivity index (χ0) is 18.0. The second-order valence-electron chi connectivity index (χ2n) is 6.13. The summed E-state index contributed by atoms with van der Waals surface area (Å²) in [5.74, 6) is 0.591. The van der Waals surface area contributed by atoms with Gasteiger partial charge >= 0.3 is 0 Å². The number of methoxy groups -OCH3 is 1. The molecule has 0 saturated carbocycles. The van der Waals surface area contributed by atoms with Gasteiger partial charge in [-0.1, -0.05) is 23.8 Å². The predicted octanol–water partition coefficient (Wildman–Crippen LogP) is 3.60. The van der Waals surface area contributed by atoms with Crippen molar-refractivity contribution in [2.24, 2.45) is 0 Å². The SMILES string of the molecule is COc1ccc(C(O)C(C)NC(=O)c2cc3cc(C)ccc3o2)cc1. The number of aliphatic hydroxyl groups excluding tert-OH is 1. The molecule has 25 heavy (non-hydrogen) atoms. The van der Waals surface area contributed by atoms with Crippen LogP contribution in [0.25, 0.3) is 11.0 Å². The number of nitrogens with one attached hydrogen (secondary N) is 1. The van der Waals surface area contributed by atoms with Gasteiger partial charge in [-0.05, 0) is 49.7 Å². The van der Waals surface area contributed by atoms with E-state index in [4.69, 9.17) is 9.15 Å². The average molecular weight is 339 g/mol. The van der Waals surface area contributed by atoms with E-state index in [1.165, 1.54) is 0 Å². The van der Waals surface area contributed by atoms with Crippen LogP contribution in [0.5, 0.6) is 5.75 Å². The van der Waals surface area contributed by atoms with E-state index in [2.05, 4.69) is 5.32 Å². The molecule has 0 saturated heterocycles. The van der Waals surface area contributed by atoms with E-state index < -0.39 is 12.1 Å². The van der Waals surface area contributed by atoms with Crippen LogP contribution in [-0.2, 0) is 0 Å². The second kappa shape index (κ2) is 6.99. The van der Waals surface area contributed by atoms with Crippen molar-refractivity contribution >= 4 is 16.9 Å². The molecule has 0 aliphatic carbocycles. The first kappa shape index (κ1) is 17.0. The van der Waals surface area contributed by atoms with Crippen LogP contribution < -0.4 is 10.1 Å². The third-order valence-corrected chi connectivity index (χ3v) is 4.19. The van der Waals surface area contributed by atoms with Gasteiger partial charge in [-0.3, -0.25) is 4.79 Å². The molecule has 130 valence electrons. The van der Waals surface area contributed by atoms with Gasteiger partial charge in [0.25, 0.3) is 5.91 Å². The molecule has 5 heteroatoms. The maximum absolute atomic E-state index is 12.4. The van der Waals surface area contributed by atoms with E-state index in [9.17, 15) is 9.90 Å². The van der Waals surface area contributed by atoms with Gasteiger partial charge in [-0.25, -0.2) is 0 Å². The zero-order valence-corrected chi connectivity index (χ0v) is 14.4. The Morgan fingerprint density at radius 3 is 2.56 bits per heavy atom. The predicted molar refractivity (Wildman–Crippen MR) is 95.8 cm³/mol. The minimum absolute atomic E-state index is 0.231. The van der Waals surface area contributed by atoms with Crippen molar-refractivity contribution in [2.45, 2.75) is 26.0 Å². The fraction of sp³-hybridized carbons (Fsp3) is 0.250. The van der Waals surface area contributed by atoms with Crippen LogP contribution in [0.4, 0.5) is 0 Å². The fourth-order valence-electron chi connectivity index (χ4n) is 2.72. The molecule has 2 unspecified atom stereocenters. The van der Waals surface area contributed by atoms with Gasteiger partial charge in [0, 0.05) is 5.39 Å². The summed E-state index contributed by atoms with van der Waals surface area (Å²) >= 11 is 0. The third kappa shape index (κ3) is 3.67. The molecule has 0 fully saturated rings. The molecule has 2 atom stereocenters. The number of aliphatic hydroxyl groups is 1. The first-order valence-electron chi connectivity index (χ1n) is 8.11. The lowest BCUT2D eigenvalue weighted by Crippen LogP contribution is -2.36. The quantitative estimate of drug-likeness (QED) is 0.745. The van der Waals surface area contributed by atoms with Gasteiger partial charge in [0.05, 0.1) is 19.3 Å². The average Bonchev–Trinajstić information content (AvgIpc) is 3.04. The third-order valence-electron chi connectivity index (χ3n) is 4.19. The minimum atomic E-state index is -0.832. The smallest absolute Gasteiger partial charge is 0.287 e. The maximum Gasteiger partial charge on any atom is 0.287 e. The van der Waals surface area contributed by atoms with Crippen LogP contribution in [0.2, 0.25) is 0 Å². The molecule has 0 radical (unpaired) electrons. The highest BCUT2D eigenvalue weighted by Crippen LogP contribution is 2.23. The minimum Gasteiger partial charge on any atom is -0.497 e. The largest absolute Gasteiger partial charge is 0.497 e. The summed E-state index contributed by atoms with van der Waals surface area (Å²) in [6.45, 7) is 3.74. The van der Waals surface area contributed by atoms with Gasteiger partial charge in [-0.15, -0.1) is 0 Å². The number of benzene rings is 2. The van der Waals surface area contributed by atoms with Gasteiger partial charge in [0.15, 0.2) is 5.76 Å². The number of ether oxygens (including phenoxy) is 1. The number of carbonyl (C=O) groups excluding carboxylic acids is 1. The van der Waals surface area contributed by atoms with Crippen molar-refractivity contribution in [1.82, 2.24) is 5.32 Å². The first-order chi connectivity index (χ1) is 12.0. The lowest BCUT2D eigenvalue weighted by molar-refractivity contribution is 0.0828. The molecule has 1 heterocycles. The van der Waals surface area contributed by atoms with E-state index in [-0.39, 0.29) is 11.7 Å². The number of amides is 1. The Labute approximate surface area is 146 Å². The Kier molecular flexibility index (Phi) is 4.76. The summed E-state index contributed by atoms with van der Waals surface area (Å²) in [5.41, 5.74) is 2.47. The molecule has 2 N–H and O–H groups in total. The van der Waals surface area contributed by atoms with Crippen molar-refractivity contribution in [3.05, 3.63) is 65.4 Å². The summed E-state index contributed by atoms with van der Waals surface area (Å²) < 4.78 is 10.7. The number of carbonyl (C=O) groups is 1. The van der Waals surface area contributed by atoms with E-state index >= 15 is 0 Å². The Bertz CT molecular complexity index is 882. The number of fused-ring (bicyclic) bond motifs is 1. The van der Waals surface area contributed by atoms with Crippen molar-refractivity contribution in [2.75, 3.05) is 7.11 Å². The van der Waals surface area contributed by atoms with E-state index in [1.807, 2.05) is 25.1 Å². The Balaban J connectivity index is 1.71. The first-order valence-corrected chi connectivity index (χ1v) is 8.11. The Morgan fingerprint density at radius 2 is 1.88 bits per heavy atom. The molecule has 5 nitrogen and oxygen atoms in total. The molecule has 0 aliphatic rings. The molecular formula is C20H21NO4. The van der Waals surface area contributed by atoms with E-state index in [1.54, 1.807) is 44.4 Å². The molecule has 1 amide bonds. The number of aryl methyl sites for hydroxylation is 1. The molecule has 2 aromatic carbocycles. The highest BCUT2D eigenvalue weighted by molar-refractivity contribution is 5.96. The lowest BCUT2D eigenvalue weighted by Gasteiger charge is -2.20. The van der Waals surface area contributed by atoms with Crippen LogP contribution >= 0.6 is 0 Å². The van der Waals surface area contributed by atoms with Crippen molar-refractivity contribution < 1.29 is 19.1 Å². The van der Waals surface area contributed by atoms with Crippen LogP contribution in [0.3, 0.4) is 0 Å². The van der Waals surface area contributed by atoms with Crippen LogP contribution in [-0.4, -0.2) is 24.2 Å². The van der Waals surface area contributed by atoms with E-state index in [0.717, 1.165) is 10.9 Å². The molecule has 3 rings (SSSR count). The van der Waals surface area contributed by atoms with Gasteiger partial charge < -0.3 is 19.6 Å². The summed E-state index contributed by atoms with van der Waals surface area (Å²) in [6, 6.07) is 14.1. The van der Waals surface area contributed by atoms with Crippen LogP contribution in [0, 0.1) is 6.92 Å². The molecule has 1 aromatic heterocycles. The monoisotopic (exact) mass is 339 g/mol. The molecule has 0 spiro atoms. The number of furan rings is 1. The normalized spacial score (nSPS) is 13.4. The van der Waals surface area contributed by atoms with Crippen molar-refractivity contribution in [3.8, 4) is 5.75 Å². The van der Waals surface area contributed by atoms with E-state index in [0.29, 0.717) is 16.9 Å². The summed E-state index contributed by atoms with van der Waals surface area (Å²) in [4.78, 5) is 12.4. The number of hydrogen-bond acceptors (Lipinski definition) is 4. The molecule has 0 bridgehead atoms. The summed E-state index contributed by atoms with van der Waals surface area (Å²) in [5, 5.41) is 14.1. The highest BCUT2D eigenvalue weighted by Gasteiger charge is 2.21. The molecule has 3 aromatic rings. The number of rotatable bonds is 5. The lowest BCUT2D eigenvalue weighted by atomic mass is 10.0.